The first-order valence-corrected chi connectivity index (χ1v) is 6.79. The molecule has 1 aromatic carbocycles. The zero-order valence-electron chi connectivity index (χ0n) is 12.4. The van der Waals surface area contributed by atoms with Gasteiger partial charge in [0.05, 0.1) is 12.8 Å². The summed E-state index contributed by atoms with van der Waals surface area (Å²) < 4.78 is 45.6. The Bertz CT molecular complexity index is 662. The van der Waals surface area contributed by atoms with Crippen LogP contribution in [-0.2, 0) is 14.3 Å². The molecule has 0 radical (unpaired) electrons. The summed E-state index contributed by atoms with van der Waals surface area (Å²) in [7, 11) is 1.18. The highest BCUT2D eigenvalue weighted by atomic mass is 19.4. The second-order valence-corrected chi connectivity index (χ2v) is 4.81. The fraction of sp³-hybridized carbons (Fsp3) is 0.357. The van der Waals surface area contributed by atoms with E-state index in [4.69, 9.17) is 0 Å². The molecular weight excluding hydrogens is 333 g/mol. The third-order valence-electron chi connectivity index (χ3n) is 3.22. The minimum atomic E-state index is -4.97. The van der Waals surface area contributed by atoms with Gasteiger partial charge in [0.15, 0.2) is 5.75 Å². The van der Waals surface area contributed by atoms with E-state index in [-0.39, 0.29) is 18.5 Å². The summed E-state index contributed by atoms with van der Waals surface area (Å²) in [6, 6.07) is 2.86. The number of hydrogen-bond acceptors (Lipinski definition) is 5. The second kappa shape index (κ2) is 6.77. The number of imide groups is 1. The van der Waals surface area contributed by atoms with Crippen molar-refractivity contribution in [1.82, 2.24) is 5.32 Å². The lowest BCUT2D eigenvalue weighted by Gasteiger charge is -2.18. The van der Waals surface area contributed by atoms with Crippen molar-refractivity contribution in [3.63, 3.8) is 0 Å². The molecule has 3 amide bonds. The summed E-state index contributed by atoms with van der Waals surface area (Å²) in [6.45, 7) is 0. The van der Waals surface area contributed by atoms with Gasteiger partial charge in [-0.3, -0.25) is 9.59 Å². The van der Waals surface area contributed by atoms with Crippen molar-refractivity contribution in [2.75, 3.05) is 12.0 Å². The standard InChI is InChI=1S/C14H13F3N2O5/c1-23-11(20)7-6-8-12(21)19(13(22)18-8)9-4-2-3-5-10(9)24-14(15,16)17/h2-5,8H,6-7H2,1H3,(H,18,22)/t8-/m1/s1. The molecule has 1 aromatic rings. The Morgan fingerprint density at radius 2 is 1.96 bits per heavy atom. The molecule has 24 heavy (non-hydrogen) atoms. The molecule has 7 nitrogen and oxygen atoms in total. The van der Waals surface area contributed by atoms with Crippen LogP contribution in [0.2, 0.25) is 0 Å². The lowest BCUT2D eigenvalue weighted by Crippen LogP contribution is -2.32. The number of nitrogens with zero attached hydrogens (tertiary/aromatic N) is 1. The van der Waals surface area contributed by atoms with E-state index in [1.54, 1.807) is 0 Å². The molecule has 0 bridgehead atoms. The predicted molar refractivity (Wildman–Crippen MR) is 74.2 cm³/mol. The van der Waals surface area contributed by atoms with Gasteiger partial charge in [0.25, 0.3) is 5.91 Å². The van der Waals surface area contributed by atoms with Crippen LogP contribution >= 0.6 is 0 Å². The van der Waals surface area contributed by atoms with E-state index in [0.29, 0.717) is 4.90 Å². The molecule has 10 heteroatoms. The molecule has 1 heterocycles. The number of alkyl halides is 3. The van der Waals surface area contributed by atoms with Crippen LogP contribution in [-0.4, -0.2) is 37.4 Å². The zero-order valence-corrected chi connectivity index (χ0v) is 12.4. The summed E-state index contributed by atoms with van der Waals surface area (Å²) in [5.41, 5.74) is -0.335. The van der Waals surface area contributed by atoms with Gasteiger partial charge in [-0.15, -0.1) is 13.2 Å². The number of ether oxygens (including phenoxy) is 2. The fourth-order valence-corrected chi connectivity index (χ4v) is 2.17. The largest absolute Gasteiger partial charge is 0.573 e. The fourth-order valence-electron chi connectivity index (χ4n) is 2.17. The molecule has 1 saturated heterocycles. The van der Waals surface area contributed by atoms with Gasteiger partial charge in [-0.1, -0.05) is 12.1 Å². The van der Waals surface area contributed by atoms with Gasteiger partial charge in [-0.05, 0) is 18.6 Å². The Labute approximate surface area is 134 Å². The summed E-state index contributed by atoms with van der Waals surface area (Å²) in [5.74, 6) is -2.03. The molecule has 0 unspecified atom stereocenters. The van der Waals surface area contributed by atoms with Crippen molar-refractivity contribution in [1.29, 1.82) is 0 Å². The minimum Gasteiger partial charge on any atom is -0.469 e. The normalized spacial score (nSPS) is 17.7. The molecule has 0 spiro atoms. The third-order valence-corrected chi connectivity index (χ3v) is 3.22. The maximum atomic E-state index is 12.5. The van der Waals surface area contributed by atoms with Crippen LogP contribution in [0.25, 0.3) is 0 Å². The van der Waals surface area contributed by atoms with Crippen molar-refractivity contribution >= 4 is 23.6 Å². The van der Waals surface area contributed by atoms with Crippen LogP contribution in [0.15, 0.2) is 24.3 Å². The van der Waals surface area contributed by atoms with Crippen molar-refractivity contribution in [3.05, 3.63) is 24.3 Å². The summed E-state index contributed by atoms with van der Waals surface area (Å²) >= 11 is 0. The quantitative estimate of drug-likeness (QED) is 0.651. The Morgan fingerprint density at radius 3 is 2.58 bits per heavy atom. The number of halogens is 3. The summed E-state index contributed by atoms with van der Waals surface area (Å²) in [4.78, 5) is 35.9. The van der Waals surface area contributed by atoms with Gasteiger partial charge < -0.3 is 14.8 Å². The van der Waals surface area contributed by atoms with Crippen LogP contribution in [0.4, 0.5) is 23.7 Å². The number of carbonyl (C=O) groups excluding carboxylic acids is 3. The molecule has 1 aliphatic heterocycles. The van der Waals surface area contributed by atoms with Gasteiger partial charge in [0.2, 0.25) is 0 Å². The molecule has 1 atom stereocenters. The lowest BCUT2D eigenvalue weighted by molar-refractivity contribution is -0.274. The van der Waals surface area contributed by atoms with Crippen LogP contribution in [0.3, 0.4) is 0 Å². The van der Waals surface area contributed by atoms with Crippen molar-refractivity contribution in [2.24, 2.45) is 0 Å². The van der Waals surface area contributed by atoms with Gasteiger partial charge in [-0.25, -0.2) is 9.69 Å². The topological polar surface area (TPSA) is 84.9 Å². The Morgan fingerprint density at radius 1 is 1.29 bits per heavy atom. The molecule has 0 aromatic heterocycles. The van der Waals surface area contributed by atoms with E-state index in [1.807, 2.05) is 0 Å². The number of urea groups is 1. The summed E-state index contributed by atoms with van der Waals surface area (Å²) in [5, 5.41) is 2.31. The highest BCUT2D eigenvalue weighted by Gasteiger charge is 2.41. The number of para-hydroxylation sites is 2. The zero-order chi connectivity index (χ0) is 17.9. The molecule has 0 saturated carbocycles. The van der Waals surface area contributed by atoms with Gasteiger partial charge >= 0.3 is 18.4 Å². The number of anilines is 1. The molecule has 1 fully saturated rings. The van der Waals surface area contributed by atoms with Crippen molar-refractivity contribution in [3.8, 4) is 5.75 Å². The first kappa shape index (κ1) is 17.6. The molecule has 130 valence electrons. The maximum Gasteiger partial charge on any atom is 0.573 e. The maximum absolute atomic E-state index is 12.5. The second-order valence-electron chi connectivity index (χ2n) is 4.81. The van der Waals surface area contributed by atoms with Crippen molar-refractivity contribution in [2.45, 2.75) is 25.2 Å². The number of esters is 1. The highest BCUT2D eigenvalue weighted by molar-refractivity contribution is 6.22. The molecule has 1 aliphatic rings. The van der Waals surface area contributed by atoms with Crippen molar-refractivity contribution < 1.29 is 37.0 Å². The Kier molecular flexibility index (Phi) is 4.96. The number of carbonyl (C=O) groups is 3. The molecule has 0 aliphatic carbocycles. The lowest BCUT2D eigenvalue weighted by atomic mass is 10.1. The summed E-state index contributed by atoms with van der Waals surface area (Å²) in [6.07, 6.45) is -5.13. The Hall–Kier alpha value is -2.78. The van der Waals surface area contributed by atoms with Crippen LogP contribution in [0.5, 0.6) is 5.75 Å². The van der Waals surface area contributed by atoms with Gasteiger partial charge in [0.1, 0.15) is 6.04 Å². The number of benzene rings is 1. The number of amides is 3. The smallest absolute Gasteiger partial charge is 0.469 e. The predicted octanol–water partition coefficient (Wildman–Crippen LogP) is 1.96. The van der Waals surface area contributed by atoms with Gasteiger partial charge in [-0.2, -0.15) is 0 Å². The molecule has 1 N–H and O–H groups in total. The first-order valence-electron chi connectivity index (χ1n) is 6.79. The number of methoxy groups -OCH3 is 1. The average Bonchev–Trinajstić information content (AvgIpc) is 2.78. The first-order chi connectivity index (χ1) is 11.2. The molecular formula is C14H13F3N2O5. The van der Waals surface area contributed by atoms with E-state index in [1.165, 1.54) is 19.2 Å². The van der Waals surface area contributed by atoms with E-state index in [0.717, 1.165) is 12.1 Å². The number of rotatable bonds is 5. The monoisotopic (exact) mass is 346 g/mol. The van der Waals surface area contributed by atoms with Crippen LogP contribution < -0.4 is 15.0 Å². The number of nitrogens with one attached hydrogen (secondary N) is 1. The van der Waals surface area contributed by atoms with E-state index >= 15 is 0 Å². The Balaban J connectivity index is 2.22. The van der Waals surface area contributed by atoms with Crippen LogP contribution in [0, 0.1) is 0 Å². The minimum absolute atomic E-state index is 0.0317. The third kappa shape index (κ3) is 3.94. The highest BCUT2D eigenvalue weighted by Crippen LogP contribution is 2.34. The van der Waals surface area contributed by atoms with Gasteiger partial charge in [0, 0.05) is 6.42 Å². The van der Waals surface area contributed by atoms with Crippen LogP contribution in [0.1, 0.15) is 12.8 Å². The average molecular weight is 346 g/mol. The SMILES string of the molecule is COC(=O)CC[C@H]1NC(=O)N(c2ccccc2OC(F)(F)F)C1=O. The van der Waals surface area contributed by atoms with E-state index in [2.05, 4.69) is 14.8 Å². The van der Waals surface area contributed by atoms with E-state index < -0.39 is 36.1 Å². The van der Waals surface area contributed by atoms with E-state index in [9.17, 15) is 27.6 Å². The number of hydrogen-bond donors (Lipinski definition) is 1. The molecule has 2 rings (SSSR count).